The minimum absolute atomic E-state index is 0.299. The van der Waals surface area contributed by atoms with Crippen LogP contribution < -0.4 is 10.9 Å². The lowest BCUT2D eigenvalue weighted by molar-refractivity contribution is 0.631. The van der Waals surface area contributed by atoms with E-state index in [0.29, 0.717) is 16.8 Å². The first-order valence-electron chi connectivity index (χ1n) is 6.78. The van der Waals surface area contributed by atoms with Gasteiger partial charge in [-0.05, 0) is 18.2 Å². The molecule has 3 nitrogen and oxygen atoms in total. The summed E-state index contributed by atoms with van der Waals surface area (Å²) in [6.45, 7) is 0. The maximum atomic E-state index is 14.1. The van der Waals surface area contributed by atoms with E-state index in [9.17, 15) is 9.18 Å². The molecule has 0 aliphatic carbocycles. The van der Waals surface area contributed by atoms with Gasteiger partial charge in [0.1, 0.15) is 5.82 Å². The van der Waals surface area contributed by atoms with Gasteiger partial charge in [0.15, 0.2) is 0 Å². The summed E-state index contributed by atoms with van der Waals surface area (Å²) in [7, 11) is 0. The second-order valence-electron chi connectivity index (χ2n) is 4.94. The van der Waals surface area contributed by atoms with Gasteiger partial charge in [-0.1, -0.05) is 42.1 Å². The van der Waals surface area contributed by atoms with Crippen LogP contribution in [0, 0.1) is 5.82 Å². The fraction of sp³-hybridized carbons (Fsp3) is 0. The van der Waals surface area contributed by atoms with E-state index in [0.717, 1.165) is 15.5 Å². The molecule has 1 aliphatic heterocycles. The number of benzene rings is 2. The second-order valence-corrected chi connectivity index (χ2v) is 6.02. The highest BCUT2D eigenvalue weighted by atomic mass is 32.2. The van der Waals surface area contributed by atoms with Crippen molar-refractivity contribution in [3.63, 3.8) is 0 Å². The number of H-pyrrole nitrogens is 1. The Balaban J connectivity index is 1.96. The SMILES string of the molecule is O=c1[nH]cc2c(c1-c1ccccc1F)Nc1ccccc1S2. The highest BCUT2D eigenvalue weighted by Crippen LogP contribution is 2.46. The number of pyridine rings is 1. The first kappa shape index (κ1) is 13.2. The predicted octanol–water partition coefficient (Wildman–Crippen LogP) is 4.39. The maximum Gasteiger partial charge on any atom is 0.258 e. The molecule has 2 N–H and O–H groups in total. The van der Waals surface area contributed by atoms with Gasteiger partial charge in [-0.25, -0.2) is 4.39 Å². The van der Waals surface area contributed by atoms with Crippen LogP contribution in [-0.4, -0.2) is 4.98 Å². The molecule has 0 saturated heterocycles. The number of aromatic nitrogens is 1. The third kappa shape index (κ3) is 2.02. The van der Waals surface area contributed by atoms with E-state index in [1.54, 1.807) is 36.2 Å². The summed E-state index contributed by atoms with van der Waals surface area (Å²) >= 11 is 1.55. The Kier molecular flexibility index (Phi) is 3.01. The first-order chi connectivity index (χ1) is 10.7. The first-order valence-corrected chi connectivity index (χ1v) is 7.60. The molecule has 3 aromatic rings. The van der Waals surface area contributed by atoms with Crippen LogP contribution in [0.3, 0.4) is 0 Å². The van der Waals surface area contributed by atoms with E-state index < -0.39 is 5.82 Å². The van der Waals surface area contributed by atoms with Gasteiger partial charge in [-0.3, -0.25) is 4.79 Å². The number of aromatic amines is 1. The number of halogens is 1. The van der Waals surface area contributed by atoms with Crippen molar-refractivity contribution < 1.29 is 4.39 Å². The van der Waals surface area contributed by atoms with Gasteiger partial charge in [0.2, 0.25) is 0 Å². The number of fused-ring (bicyclic) bond motifs is 2. The van der Waals surface area contributed by atoms with E-state index in [4.69, 9.17) is 0 Å². The molecule has 4 rings (SSSR count). The van der Waals surface area contributed by atoms with Crippen LogP contribution in [0.2, 0.25) is 0 Å². The molecule has 0 radical (unpaired) electrons. The van der Waals surface area contributed by atoms with E-state index in [1.165, 1.54) is 6.07 Å². The Morgan fingerprint density at radius 3 is 2.59 bits per heavy atom. The standard InChI is InChI=1S/C17H11FN2OS/c18-11-6-2-1-5-10(11)15-16-14(9-19-17(15)21)22-13-8-4-3-7-12(13)20-16/h1-9,20H,(H,19,21). The molecule has 2 aromatic carbocycles. The Morgan fingerprint density at radius 1 is 0.955 bits per heavy atom. The number of hydrogen-bond donors (Lipinski definition) is 2. The van der Waals surface area contributed by atoms with Crippen LogP contribution in [0.5, 0.6) is 0 Å². The van der Waals surface area contributed by atoms with Gasteiger partial charge in [0, 0.05) is 16.7 Å². The number of para-hydroxylation sites is 1. The van der Waals surface area contributed by atoms with Gasteiger partial charge in [0.05, 0.1) is 21.8 Å². The van der Waals surface area contributed by atoms with Crippen LogP contribution in [0.4, 0.5) is 15.8 Å². The van der Waals surface area contributed by atoms with Crippen molar-refractivity contribution in [3.8, 4) is 11.1 Å². The van der Waals surface area contributed by atoms with Crippen molar-refractivity contribution in [2.75, 3.05) is 5.32 Å². The summed E-state index contributed by atoms with van der Waals surface area (Å²) < 4.78 is 14.1. The summed E-state index contributed by atoms with van der Waals surface area (Å²) in [6, 6.07) is 14.1. The summed E-state index contributed by atoms with van der Waals surface area (Å²) in [6.07, 6.45) is 1.66. The third-order valence-corrected chi connectivity index (χ3v) is 4.69. The lowest BCUT2D eigenvalue weighted by atomic mass is 10.0. The molecule has 22 heavy (non-hydrogen) atoms. The Bertz CT molecular complexity index is 936. The molecule has 0 amide bonds. The molecular weight excluding hydrogens is 299 g/mol. The van der Waals surface area contributed by atoms with Crippen molar-refractivity contribution in [3.05, 3.63) is 70.9 Å². The number of rotatable bonds is 1. The summed E-state index contributed by atoms with van der Waals surface area (Å²) in [5, 5.41) is 3.27. The monoisotopic (exact) mass is 310 g/mol. The van der Waals surface area contributed by atoms with Crippen molar-refractivity contribution in [2.45, 2.75) is 9.79 Å². The zero-order valence-electron chi connectivity index (χ0n) is 11.4. The summed E-state index contributed by atoms with van der Waals surface area (Å²) in [5.74, 6) is -0.410. The van der Waals surface area contributed by atoms with Crippen molar-refractivity contribution >= 4 is 23.1 Å². The maximum absolute atomic E-state index is 14.1. The average Bonchev–Trinajstić information content (AvgIpc) is 2.54. The lowest BCUT2D eigenvalue weighted by Crippen LogP contribution is -2.14. The van der Waals surface area contributed by atoms with Gasteiger partial charge >= 0.3 is 0 Å². The zero-order valence-corrected chi connectivity index (χ0v) is 12.2. The molecule has 0 unspecified atom stereocenters. The third-order valence-electron chi connectivity index (χ3n) is 3.57. The van der Waals surface area contributed by atoms with Crippen LogP contribution in [-0.2, 0) is 0 Å². The largest absolute Gasteiger partial charge is 0.353 e. The zero-order chi connectivity index (χ0) is 15.1. The molecule has 2 heterocycles. The van der Waals surface area contributed by atoms with E-state index >= 15 is 0 Å². The van der Waals surface area contributed by atoms with E-state index in [2.05, 4.69) is 10.3 Å². The van der Waals surface area contributed by atoms with Crippen LogP contribution in [0.1, 0.15) is 0 Å². The highest BCUT2D eigenvalue weighted by Gasteiger charge is 2.22. The smallest absolute Gasteiger partial charge is 0.258 e. The summed E-state index contributed by atoms with van der Waals surface area (Å²) in [4.78, 5) is 16.9. The molecule has 0 fully saturated rings. The van der Waals surface area contributed by atoms with Crippen LogP contribution in [0.25, 0.3) is 11.1 Å². The topological polar surface area (TPSA) is 44.9 Å². The lowest BCUT2D eigenvalue weighted by Gasteiger charge is -2.22. The van der Waals surface area contributed by atoms with Crippen molar-refractivity contribution in [1.82, 2.24) is 4.98 Å². The average molecular weight is 310 g/mol. The van der Waals surface area contributed by atoms with Crippen molar-refractivity contribution in [2.24, 2.45) is 0 Å². The van der Waals surface area contributed by atoms with E-state index in [1.807, 2.05) is 24.3 Å². The van der Waals surface area contributed by atoms with E-state index in [-0.39, 0.29) is 5.56 Å². The Morgan fingerprint density at radius 2 is 1.73 bits per heavy atom. The number of hydrogen-bond acceptors (Lipinski definition) is 3. The number of nitrogens with one attached hydrogen (secondary N) is 2. The summed E-state index contributed by atoms with van der Waals surface area (Å²) in [5.41, 5.74) is 1.89. The molecule has 108 valence electrons. The fourth-order valence-corrected chi connectivity index (χ4v) is 3.54. The quantitative estimate of drug-likeness (QED) is 0.548. The molecule has 0 bridgehead atoms. The fourth-order valence-electron chi connectivity index (χ4n) is 2.55. The number of anilines is 2. The molecule has 1 aromatic heterocycles. The molecule has 0 spiro atoms. The Labute approximate surface area is 130 Å². The van der Waals surface area contributed by atoms with Gasteiger partial charge in [-0.2, -0.15) is 0 Å². The van der Waals surface area contributed by atoms with Gasteiger partial charge in [0.25, 0.3) is 5.56 Å². The van der Waals surface area contributed by atoms with Gasteiger partial charge < -0.3 is 10.3 Å². The minimum atomic E-state index is -0.410. The van der Waals surface area contributed by atoms with Crippen LogP contribution >= 0.6 is 11.8 Å². The molecule has 0 atom stereocenters. The van der Waals surface area contributed by atoms with Crippen molar-refractivity contribution in [1.29, 1.82) is 0 Å². The Hall–Kier alpha value is -2.53. The molecule has 0 saturated carbocycles. The molecule has 5 heteroatoms. The van der Waals surface area contributed by atoms with Gasteiger partial charge in [-0.15, -0.1) is 0 Å². The molecular formula is C17H11FN2OS. The minimum Gasteiger partial charge on any atom is -0.353 e. The highest BCUT2D eigenvalue weighted by molar-refractivity contribution is 7.99. The second kappa shape index (κ2) is 5.03. The normalized spacial score (nSPS) is 12.2. The van der Waals surface area contributed by atoms with Crippen LogP contribution in [0.15, 0.2) is 69.3 Å². The predicted molar refractivity (Wildman–Crippen MR) is 86.3 cm³/mol. The molecule has 1 aliphatic rings.